The zero-order valence-electron chi connectivity index (χ0n) is 47.6. The third kappa shape index (κ3) is 33.2. The number of aromatic nitrogens is 8. The normalized spacial score (nSPS) is 11.1. The maximum absolute atomic E-state index is 12.4. The van der Waals surface area contributed by atoms with Crippen LogP contribution >= 0.6 is 15.9 Å². The summed E-state index contributed by atoms with van der Waals surface area (Å²) in [5.41, 5.74) is -5.35. The molecule has 35 heteroatoms. The second kappa shape index (κ2) is 39.2. The van der Waals surface area contributed by atoms with Crippen LogP contribution in [0.15, 0.2) is 139 Å². The topological polar surface area (TPSA) is 241 Å². The number of aryl methyl sites for hydroxylation is 4. The number of alkyl halides is 15. The van der Waals surface area contributed by atoms with Gasteiger partial charge in [-0.1, -0.05) is 56.3 Å². The van der Waals surface area contributed by atoms with E-state index in [2.05, 4.69) is 67.9 Å². The molecule has 0 aromatic carbocycles. The summed E-state index contributed by atoms with van der Waals surface area (Å²) in [6.45, 7) is 12.7. The molecule has 8 heterocycles. The second-order valence-corrected chi connectivity index (χ2v) is 19.6. The third-order valence-corrected chi connectivity index (χ3v) is 10.4. The van der Waals surface area contributed by atoms with E-state index in [0.717, 1.165) is 28.9 Å². The van der Waals surface area contributed by atoms with Crippen molar-refractivity contribution in [3.63, 3.8) is 0 Å². The molecule has 0 atom stereocenters. The monoisotopic (exact) mass is 1730 g/mol. The van der Waals surface area contributed by atoms with Gasteiger partial charge in [0.05, 0.1) is 17.1 Å². The van der Waals surface area contributed by atoms with Gasteiger partial charge in [0.15, 0.2) is 10.1 Å². The van der Waals surface area contributed by atoms with Crippen molar-refractivity contribution in [2.75, 3.05) is 0 Å². The molecule has 0 aliphatic rings. The van der Waals surface area contributed by atoms with Gasteiger partial charge >= 0.3 is 37.3 Å². The van der Waals surface area contributed by atoms with E-state index in [-0.39, 0.29) is 75.0 Å². The van der Waals surface area contributed by atoms with Gasteiger partial charge in [-0.05, 0) is 135 Å². The first kappa shape index (κ1) is 85.8. The number of rotatable bonds is 4. The van der Waals surface area contributed by atoms with E-state index < -0.39 is 70.2 Å². The minimum absolute atomic E-state index is 0. The fraction of sp³-hybridized carbons (Fsp3) is 0.273. The maximum Gasteiger partial charge on any atom is 0.490 e. The Hall–Kier alpha value is -6.26. The van der Waals surface area contributed by atoms with Crippen LogP contribution in [0.25, 0.3) is 33.8 Å². The first-order valence-electron chi connectivity index (χ1n) is 24.5. The van der Waals surface area contributed by atoms with Crippen LogP contribution in [0.5, 0.6) is 0 Å². The SMILES string of the molecule is Brc1ccccn1.CC(C)O.CC(C)O.Cc1nc(C(F)(F)F)c[c-]c1-c1ccccn1.Cc1nc(C(F)(F)F)c[c-]c1-c1ccccn1.Cc1nc(C(F)(F)F)ccc1-c1ccccn1.Cc1nc(C(F)(F)F)ccc1B(O)O.O=S(=O)([O-])C(F)(F)F.[Ir].[Ir]. The zero-order valence-corrected chi connectivity index (χ0v) is 54.8. The number of halogens is 16. The predicted molar refractivity (Wildman–Crippen MR) is 295 cm³/mol. The van der Waals surface area contributed by atoms with E-state index in [1.807, 2.05) is 18.2 Å². The summed E-state index contributed by atoms with van der Waals surface area (Å²) in [5.74, 6) is 0. The Labute approximate surface area is 542 Å². The molecular weight excluding hydrogens is 1680 g/mol. The van der Waals surface area contributed by atoms with Crippen molar-refractivity contribution in [3.05, 3.63) is 196 Å². The first-order chi connectivity index (χ1) is 40.4. The molecule has 0 bridgehead atoms. The van der Waals surface area contributed by atoms with Crippen LogP contribution in [0.4, 0.5) is 65.9 Å². The smallest absolute Gasteiger partial charge is 0.490 e. The maximum atomic E-state index is 12.4. The predicted octanol–water partition coefficient (Wildman–Crippen LogP) is 12.8. The van der Waals surface area contributed by atoms with Gasteiger partial charge in [0.25, 0.3) is 0 Å². The summed E-state index contributed by atoms with van der Waals surface area (Å²) >= 11 is 3.20. The van der Waals surface area contributed by atoms with Crippen LogP contribution < -0.4 is 5.46 Å². The molecule has 2 radical (unpaired) electrons. The zero-order chi connectivity index (χ0) is 67.6. The fourth-order valence-corrected chi connectivity index (χ4v) is 5.99. The minimum Gasteiger partial charge on any atom is -0.741 e. The average molecular weight is 1730 g/mol. The molecule has 4 N–H and O–H groups in total. The molecule has 0 fully saturated rings. The van der Waals surface area contributed by atoms with Crippen LogP contribution in [0.1, 0.15) is 73.2 Å². The largest absolute Gasteiger partial charge is 0.741 e. The van der Waals surface area contributed by atoms with Crippen LogP contribution in [0.2, 0.25) is 0 Å². The summed E-state index contributed by atoms with van der Waals surface area (Å²) in [7, 11) is -7.89. The van der Waals surface area contributed by atoms with Crippen molar-refractivity contribution in [1.29, 1.82) is 0 Å². The molecule has 8 aromatic rings. The van der Waals surface area contributed by atoms with Gasteiger partial charge in [0, 0.05) is 99.6 Å². The van der Waals surface area contributed by atoms with Gasteiger partial charge in [0.2, 0.25) is 0 Å². The Morgan fingerprint density at radius 3 is 1.00 bits per heavy atom. The van der Waals surface area contributed by atoms with Crippen LogP contribution in [-0.2, 0) is 75.0 Å². The number of pyridine rings is 8. The molecule has 0 amide bonds. The molecule has 8 aromatic heterocycles. The Morgan fingerprint density at radius 2 is 0.767 bits per heavy atom. The van der Waals surface area contributed by atoms with Gasteiger partial charge in [-0.15, -0.1) is 35.4 Å². The molecule has 0 aliphatic carbocycles. The Bertz CT molecular complexity index is 3220. The molecule has 90 heavy (non-hydrogen) atoms. The number of aliphatic hydroxyl groups is 2. The van der Waals surface area contributed by atoms with Crippen molar-refractivity contribution in [3.8, 4) is 33.8 Å². The number of hydrogen-bond donors (Lipinski definition) is 4. The molecular formula is C55H52BBrF15Ir2N8O7S-3. The van der Waals surface area contributed by atoms with Gasteiger partial charge in [-0.3, -0.25) is 4.98 Å². The van der Waals surface area contributed by atoms with E-state index in [0.29, 0.717) is 45.5 Å². The van der Waals surface area contributed by atoms with E-state index >= 15 is 0 Å². The van der Waals surface area contributed by atoms with E-state index in [4.69, 9.17) is 33.2 Å². The van der Waals surface area contributed by atoms with Crippen molar-refractivity contribution < 1.29 is 139 Å². The number of aliphatic hydroxyl groups excluding tert-OH is 2. The minimum atomic E-state index is -6.09. The molecule has 0 spiro atoms. The first-order valence-corrected chi connectivity index (χ1v) is 26.7. The molecule has 0 saturated heterocycles. The fourth-order valence-electron chi connectivity index (χ4n) is 5.71. The van der Waals surface area contributed by atoms with E-state index in [1.165, 1.54) is 26.8 Å². The van der Waals surface area contributed by atoms with Crippen molar-refractivity contribution in [1.82, 2.24) is 39.9 Å². The Morgan fingerprint density at radius 1 is 0.467 bits per heavy atom. The van der Waals surface area contributed by atoms with Gasteiger partial charge in [-0.25, -0.2) is 23.4 Å². The Kier molecular flexibility index (Phi) is 37.4. The molecule has 0 saturated carbocycles. The summed E-state index contributed by atoms with van der Waals surface area (Å²) in [4.78, 5) is 29.9. The second-order valence-electron chi connectivity index (χ2n) is 17.4. The third-order valence-electron chi connectivity index (χ3n) is 9.35. The standard InChI is InChI=1S/C12H9F3N2.2C12H8F3N2.C7H7BF3NO2.C5H4BrN.2C3H8O.CHF3O3S.2Ir/c3*1-8-9(10-4-2-3-7-16-10)5-6-11(17-8)12(13,14)15;1-4-5(8(13)14)2-3-6(12-4)7(9,10)11;6-5-3-1-2-4-7-5;2*1-3(2)4;2-1(3,4)8(5,6)7;;/h2-7H,1H3;2*2-4,6-7H,1H3;2-3,13-14H,1H3;1-4H;2*3-4H,1-2H3;(H,5,6,7);;/q;2*-1;;;;;;;/p-1. The Balaban J connectivity index is 0. The van der Waals surface area contributed by atoms with Crippen molar-refractivity contribution in [2.24, 2.45) is 0 Å². The van der Waals surface area contributed by atoms with Crippen LogP contribution in [0, 0.1) is 39.8 Å². The molecule has 0 unspecified atom stereocenters. The number of nitrogens with zero attached hydrogens (tertiary/aromatic N) is 8. The molecule has 15 nitrogen and oxygen atoms in total. The van der Waals surface area contributed by atoms with E-state index in [1.54, 1.807) is 114 Å². The van der Waals surface area contributed by atoms with E-state index in [9.17, 15) is 65.9 Å². The van der Waals surface area contributed by atoms with Gasteiger partial charge < -0.3 is 44.7 Å². The van der Waals surface area contributed by atoms with Crippen molar-refractivity contribution in [2.45, 2.75) is 97.8 Å². The van der Waals surface area contributed by atoms with Crippen molar-refractivity contribution >= 4 is 38.6 Å². The molecule has 8 rings (SSSR count). The summed E-state index contributed by atoms with van der Waals surface area (Å²) in [6.07, 6.45) is -11.7. The molecule has 496 valence electrons. The molecule has 0 aliphatic heterocycles. The quantitative estimate of drug-likeness (QED) is 0.0320. The van der Waals surface area contributed by atoms with Gasteiger partial charge in [-0.2, -0.15) is 65.9 Å². The summed E-state index contributed by atoms with van der Waals surface area (Å²) in [5, 5.41) is 33.6. The average Bonchev–Trinajstić information content (AvgIpc) is 2.50. The summed E-state index contributed by atoms with van der Waals surface area (Å²) in [6, 6.07) is 32.3. The summed E-state index contributed by atoms with van der Waals surface area (Å²) < 4.78 is 208. The van der Waals surface area contributed by atoms with Crippen LogP contribution in [0.3, 0.4) is 0 Å². The number of hydrogen-bond acceptors (Lipinski definition) is 15. The van der Waals surface area contributed by atoms with Gasteiger partial charge in [0.1, 0.15) is 16.0 Å². The van der Waals surface area contributed by atoms with Crippen LogP contribution in [-0.4, -0.2) is 97.9 Å².